The molecular weight excluding hydrogens is 282 g/mol. The van der Waals surface area contributed by atoms with Crippen LogP contribution in [0, 0.1) is 5.92 Å². The summed E-state index contributed by atoms with van der Waals surface area (Å²) in [5, 5.41) is 4.13. The second-order valence-corrected chi connectivity index (χ2v) is 5.87. The van der Waals surface area contributed by atoms with Gasteiger partial charge in [-0.25, -0.2) is 4.98 Å². The van der Waals surface area contributed by atoms with Gasteiger partial charge >= 0.3 is 0 Å². The molecule has 0 aromatic carbocycles. The highest BCUT2D eigenvalue weighted by Crippen LogP contribution is 2.23. The van der Waals surface area contributed by atoms with E-state index in [1.54, 1.807) is 0 Å². The van der Waals surface area contributed by atoms with Gasteiger partial charge in [-0.05, 0) is 12.7 Å². The predicted octanol–water partition coefficient (Wildman–Crippen LogP) is 1.66. The van der Waals surface area contributed by atoms with Gasteiger partial charge in [-0.15, -0.1) is 0 Å². The predicted molar refractivity (Wildman–Crippen MR) is 74.4 cm³/mol. The monoisotopic (exact) mass is 295 g/mol. The zero-order chi connectivity index (χ0) is 13.2. The van der Waals surface area contributed by atoms with Gasteiger partial charge in [-0.2, -0.15) is 9.36 Å². The third kappa shape index (κ3) is 2.64. The van der Waals surface area contributed by atoms with Crippen LogP contribution in [-0.2, 0) is 17.8 Å². The van der Waals surface area contributed by atoms with E-state index >= 15 is 0 Å². The van der Waals surface area contributed by atoms with Crippen LogP contribution in [0.2, 0.25) is 0 Å². The lowest BCUT2D eigenvalue weighted by molar-refractivity contribution is -0.120. The average molecular weight is 295 g/mol. The van der Waals surface area contributed by atoms with E-state index in [0.717, 1.165) is 25.1 Å². The van der Waals surface area contributed by atoms with Crippen LogP contribution in [0.25, 0.3) is 0 Å². The zero-order valence-electron chi connectivity index (χ0n) is 10.4. The number of fused-ring (bicyclic) bond motifs is 1. The summed E-state index contributed by atoms with van der Waals surface area (Å²) < 4.78 is 6.22. The first-order valence-corrected chi connectivity index (χ1v) is 7.93. The van der Waals surface area contributed by atoms with Gasteiger partial charge in [-0.1, -0.05) is 11.8 Å². The van der Waals surface area contributed by atoms with Crippen LogP contribution in [0.5, 0.6) is 0 Å². The molecule has 0 aliphatic carbocycles. The van der Waals surface area contributed by atoms with Crippen molar-refractivity contribution in [2.75, 3.05) is 11.6 Å². The number of rotatable bonds is 3. The number of carbonyl (C=O) groups excluding carboxylic acids is 1. The van der Waals surface area contributed by atoms with Crippen LogP contribution in [0.4, 0.5) is 5.13 Å². The fourth-order valence-corrected chi connectivity index (χ4v) is 3.27. The molecule has 1 unspecified atom stereocenters. The minimum Gasteiger partial charge on any atom is -0.335 e. The number of aryl methyl sites for hydroxylation is 1. The van der Waals surface area contributed by atoms with Crippen LogP contribution in [-0.4, -0.2) is 31.1 Å². The van der Waals surface area contributed by atoms with Crippen LogP contribution < -0.4 is 5.32 Å². The number of nitrogens with one attached hydrogen (secondary N) is 1. The molecule has 1 N–H and O–H groups in total. The number of anilines is 1. The minimum absolute atomic E-state index is 0.00849. The van der Waals surface area contributed by atoms with Gasteiger partial charge in [0.15, 0.2) is 0 Å². The van der Waals surface area contributed by atoms with Gasteiger partial charge in [0.1, 0.15) is 0 Å². The maximum absolute atomic E-state index is 12.2. The molecule has 0 bridgehead atoms. The van der Waals surface area contributed by atoms with Crippen molar-refractivity contribution < 1.29 is 4.79 Å². The van der Waals surface area contributed by atoms with E-state index in [4.69, 9.17) is 0 Å². The molecule has 19 heavy (non-hydrogen) atoms. The fourth-order valence-electron chi connectivity index (χ4n) is 2.14. The molecule has 0 spiro atoms. The number of nitrogens with zero attached hydrogens (tertiary/aromatic N) is 4. The Labute approximate surface area is 118 Å². The van der Waals surface area contributed by atoms with E-state index in [1.807, 2.05) is 18.8 Å². The number of aromatic nitrogens is 4. The summed E-state index contributed by atoms with van der Waals surface area (Å²) in [5.74, 6) is 0.0158. The number of thioether (sulfide) groups is 1. The standard InChI is InChI=1S/C11H13N5OS2/c1-18-11-14-10(19-15-11)13-9(17)7-2-3-16-6-12-5-8(16)4-7/h5-7H,2-4H2,1H3,(H,13,14,15,17). The molecule has 3 rings (SSSR count). The SMILES string of the molecule is CSc1nsc(NC(=O)C2CCn3cncc3C2)n1. The largest absolute Gasteiger partial charge is 0.335 e. The van der Waals surface area contributed by atoms with Crippen molar-refractivity contribution in [1.29, 1.82) is 0 Å². The van der Waals surface area contributed by atoms with Crippen LogP contribution in [0.1, 0.15) is 12.1 Å². The maximum atomic E-state index is 12.2. The summed E-state index contributed by atoms with van der Waals surface area (Å²) >= 11 is 2.69. The molecule has 6 nitrogen and oxygen atoms in total. The summed E-state index contributed by atoms with van der Waals surface area (Å²) in [7, 11) is 0. The van der Waals surface area contributed by atoms with Crippen molar-refractivity contribution in [1.82, 2.24) is 18.9 Å². The smallest absolute Gasteiger partial charge is 0.229 e. The highest BCUT2D eigenvalue weighted by Gasteiger charge is 2.25. The Morgan fingerprint density at radius 3 is 3.32 bits per heavy atom. The molecule has 0 saturated heterocycles. The number of hydrogen-bond donors (Lipinski definition) is 1. The highest BCUT2D eigenvalue weighted by atomic mass is 32.2. The minimum atomic E-state index is -0.00849. The molecule has 0 saturated carbocycles. The Bertz CT molecular complexity index is 593. The second kappa shape index (κ2) is 5.30. The highest BCUT2D eigenvalue weighted by molar-refractivity contribution is 7.98. The Morgan fingerprint density at radius 1 is 1.63 bits per heavy atom. The first kappa shape index (κ1) is 12.6. The van der Waals surface area contributed by atoms with E-state index in [2.05, 4.69) is 24.2 Å². The molecule has 1 aliphatic heterocycles. The molecule has 3 heterocycles. The first-order chi connectivity index (χ1) is 9.26. The molecule has 8 heteroatoms. The van der Waals surface area contributed by atoms with E-state index in [9.17, 15) is 4.79 Å². The zero-order valence-corrected chi connectivity index (χ0v) is 12.0. The average Bonchev–Trinajstić information content (AvgIpc) is 3.05. The van der Waals surface area contributed by atoms with Gasteiger partial charge in [0.05, 0.1) is 6.33 Å². The number of hydrogen-bond acceptors (Lipinski definition) is 6. The molecule has 1 atom stereocenters. The second-order valence-electron chi connectivity index (χ2n) is 4.34. The van der Waals surface area contributed by atoms with Crippen molar-refractivity contribution in [3.05, 3.63) is 18.2 Å². The lowest BCUT2D eigenvalue weighted by Gasteiger charge is -2.22. The van der Waals surface area contributed by atoms with Gasteiger partial charge in [0.2, 0.25) is 16.2 Å². The van der Waals surface area contributed by atoms with Crippen molar-refractivity contribution in [2.24, 2.45) is 5.92 Å². The van der Waals surface area contributed by atoms with Crippen LogP contribution in [0.15, 0.2) is 17.7 Å². The van der Waals surface area contributed by atoms with E-state index < -0.39 is 0 Å². The molecule has 100 valence electrons. The van der Waals surface area contributed by atoms with Gasteiger partial charge in [0.25, 0.3) is 0 Å². The molecule has 1 amide bonds. The number of carbonyl (C=O) groups is 1. The third-order valence-electron chi connectivity index (χ3n) is 3.16. The van der Waals surface area contributed by atoms with Crippen molar-refractivity contribution in [3.8, 4) is 0 Å². The maximum Gasteiger partial charge on any atom is 0.229 e. The molecule has 0 fully saturated rings. The summed E-state index contributed by atoms with van der Waals surface area (Å²) in [5.41, 5.74) is 1.12. The number of amides is 1. The Kier molecular flexibility index (Phi) is 3.52. The molecule has 0 radical (unpaired) electrons. The van der Waals surface area contributed by atoms with Gasteiger partial charge in [-0.3, -0.25) is 4.79 Å². The summed E-state index contributed by atoms with van der Waals surface area (Å²) in [4.78, 5) is 20.5. The van der Waals surface area contributed by atoms with Crippen molar-refractivity contribution in [2.45, 2.75) is 24.5 Å². The van der Waals surface area contributed by atoms with E-state index in [-0.39, 0.29) is 11.8 Å². The summed E-state index contributed by atoms with van der Waals surface area (Å²) in [6.07, 6.45) is 7.13. The van der Waals surface area contributed by atoms with E-state index in [1.165, 1.54) is 23.3 Å². The lowest BCUT2D eigenvalue weighted by Crippen LogP contribution is -2.29. The fraction of sp³-hybridized carbons (Fsp3) is 0.455. The van der Waals surface area contributed by atoms with E-state index in [0.29, 0.717) is 10.3 Å². The normalized spacial score (nSPS) is 18.1. The van der Waals surface area contributed by atoms with Gasteiger partial charge in [0, 0.05) is 42.3 Å². The third-order valence-corrected chi connectivity index (χ3v) is 4.46. The Balaban J connectivity index is 1.65. The van der Waals surface area contributed by atoms with Gasteiger partial charge < -0.3 is 9.88 Å². The Morgan fingerprint density at radius 2 is 2.53 bits per heavy atom. The van der Waals surface area contributed by atoms with Crippen molar-refractivity contribution >= 4 is 34.3 Å². The summed E-state index contributed by atoms with van der Waals surface area (Å²) in [6, 6.07) is 0. The summed E-state index contributed by atoms with van der Waals surface area (Å²) in [6.45, 7) is 0.847. The molecule has 2 aromatic heterocycles. The van der Waals surface area contributed by atoms with Crippen LogP contribution >= 0.6 is 23.3 Å². The number of imidazole rings is 1. The van der Waals surface area contributed by atoms with Crippen LogP contribution in [0.3, 0.4) is 0 Å². The molecular formula is C11H13N5OS2. The topological polar surface area (TPSA) is 72.7 Å². The molecule has 1 aliphatic rings. The lowest BCUT2D eigenvalue weighted by atomic mass is 9.95. The quantitative estimate of drug-likeness (QED) is 0.872. The Hall–Kier alpha value is -1.41. The van der Waals surface area contributed by atoms with Crippen molar-refractivity contribution in [3.63, 3.8) is 0 Å². The first-order valence-electron chi connectivity index (χ1n) is 5.94. The molecule has 2 aromatic rings.